The molecule has 8 heteroatoms. The lowest BCUT2D eigenvalue weighted by molar-refractivity contribution is -0.142. The topological polar surface area (TPSA) is 81.2 Å². The molecule has 122 valence electrons. The van der Waals surface area contributed by atoms with Crippen molar-refractivity contribution >= 4 is 16.2 Å². The number of likely N-dealkylation sites (N-methyl/N-ethyl adjacent to an activating group) is 1. The lowest BCUT2D eigenvalue weighted by atomic mass is 10.1. The van der Waals surface area contributed by atoms with Gasteiger partial charge in [-0.2, -0.15) is 17.0 Å². The molecule has 0 aliphatic carbocycles. The van der Waals surface area contributed by atoms with E-state index in [1.807, 2.05) is 19.0 Å². The molecule has 0 saturated carbocycles. The minimum atomic E-state index is -3.69. The number of aliphatic carboxylic acids is 1. The molecule has 0 aromatic carbocycles. The number of rotatable bonds is 5. The number of piperidine rings is 1. The number of carboxylic acid groups (broad SMARTS) is 1. The molecule has 21 heavy (non-hydrogen) atoms. The fourth-order valence-electron chi connectivity index (χ4n) is 3.28. The molecule has 0 spiro atoms. The highest BCUT2D eigenvalue weighted by Gasteiger charge is 2.43. The molecule has 0 radical (unpaired) electrons. The Balaban J connectivity index is 2.21. The van der Waals surface area contributed by atoms with Gasteiger partial charge in [0.2, 0.25) is 0 Å². The minimum Gasteiger partial charge on any atom is -0.480 e. The highest BCUT2D eigenvalue weighted by molar-refractivity contribution is 7.86. The van der Waals surface area contributed by atoms with Gasteiger partial charge in [0.25, 0.3) is 10.2 Å². The molecule has 2 saturated heterocycles. The summed E-state index contributed by atoms with van der Waals surface area (Å²) in [5.41, 5.74) is 0. The smallest absolute Gasteiger partial charge is 0.322 e. The van der Waals surface area contributed by atoms with Crippen LogP contribution in [-0.2, 0) is 15.0 Å². The predicted molar refractivity (Wildman–Crippen MR) is 79.2 cm³/mol. The Bertz CT molecular complexity index is 480. The van der Waals surface area contributed by atoms with Gasteiger partial charge in [-0.05, 0) is 46.2 Å². The Morgan fingerprint density at radius 1 is 1.14 bits per heavy atom. The second-order valence-corrected chi connectivity index (χ2v) is 7.97. The predicted octanol–water partition coefficient (Wildman–Crippen LogP) is 0.196. The van der Waals surface area contributed by atoms with Gasteiger partial charge in [-0.3, -0.25) is 4.79 Å². The fourth-order valence-corrected chi connectivity index (χ4v) is 5.33. The average molecular weight is 319 g/mol. The summed E-state index contributed by atoms with van der Waals surface area (Å²) in [4.78, 5) is 13.3. The van der Waals surface area contributed by atoms with E-state index in [9.17, 15) is 18.3 Å². The van der Waals surface area contributed by atoms with Gasteiger partial charge >= 0.3 is 5.97 Å². The van der Waals surface area contributed by atoms with Crippen LogP contribution in [0.5, 0.6) is 0 Å². The first-order valence-corrected chi connectivity index (χ1v) is 8.90. The Morgan fingerprint density at radius 2 is 1.81 bits per heavy atom. The molecular formula is C13H25N3O4S. The van der Waals surface area contributed by atoms with Crippen LogP contribution < -0.4 is 0 Å². The summed E-state index contributed by atoms with van der Waals surface area (Å²) in [5.74, 6) is -1.04. The van der Waals surface area contributed by atoms with Gasteiger partial charge < -0.3 is 10.0 Å². The van der Waals surface area contributed by atoms with Crippen LogP contribution >= 0.6 is 0 Å². The van der Waals surface area contributed by atoms with Crippen LogP contribution in [-0.4, -0.2) is 78.8 Å². The van der Waals surface area contributed by atoms with E-state index >= 15 is 0 Å². The van der Waals surface area contributed by atoms with Crippen molar-refractivity contribution in [2.75, 3.05) is 33.7 Å². The molecule has 2 heterocycles. The maximum absolute atomic E-state index is 12.9. The summed E-state index contributed by atoms with van der Waals surface area (Å²) in [6.45, 7) is 1.47. The number of carboxylic acids is 1. The number of hydrogen-bond donors (Lipinski definition) is 1. The van der Waals surface area contributed by atoms with Crippen LogP contribution in [0.2, 0.25) is 0 Å². The molecule has 2 atom stereocenters. The number of nitrogens with zero attached hydrogens (tertiary/aromatic N) is 3. The first-order valence-electron chi connectivity index (χ1n) is 7.50. The highest BCUT2D eigenvalue weighted by atomic mass is 32.2. The van der Waals surface area contributed by atoms with Gasteiger partial charge in [-0.1, -0.05) is 0 Å². The largest absolute Gasteiger partial charge is 0.480 e. The second kappa shape index (κ2) is 6.60. The van der Waals surface area contributed by atoms with Gasteiger partial charge in [-0.25, -0.2) is 0 Å². The Labute approximate surface area is 126 Å². The maximum atomic E-state index is 12.9. The Kier molecular flexibility index (Phi) is 5.24. The number of hydrogen-bond acceptors (Lipinski definition) is 4. The number of carbonyl (C=O) groups is 1. The normalized spacial score (nSPS) is 29.1. The van der Waals surface area contributed by atoms with E-state index in [0.717, 1.165) is 25.7 Å². The highest BCUT2D eigenvalue weighted by Crippen LogP contribution is 2.28. The molecule has 2 aliphatic heterocycles. The summed E-state index contributed by atoms with van der Waals surface area (Å²) in [6, 6.07) is -0.967. The van der Waals surface area contributed by atoms with Gasteiger partial charge in [0.15, 0.2) is 0 Å². The van der Waals surface area contributed by atoms with E-state index < -0.39 is 22.2 Å². The molecule has 7 nitrogen and oxygen atoms in total. The fraction of sp³-hybridized carbons (Fsp3) is 0.923. The third-order valence-corrected chi connectivity index (χ3v) is 6.33. The zero-order valence-corrected chi connectivity index (χ0v) is 13.5. The van der Waals surface area contributed by atoms with E-state index in [-0.39, 0.29) is 6.04 Å². The third kappa shape index (κ3) is 3.56. The summed E-state index contributed by atoms with van der Waals surface area (Å²) in [7, 11) is 0.150. The van der Waals surface area contributed by atoms with E-state index in [4.69, 9.17) is 0 Å². The summed E-state index contributed by atoms with van der Waals surface area (Å²) >= 11 is 0. The van der Waals surface area contributed by atoms with Crippen molar-refractivity contribution in [1.82, 2.24) is 13.5 Å². The minimum absolute atomic E-state index is 0.0543. The maximum Gasteiger partial charge on any atom is 0.322 e. The van der Waals surface area contributed by atoms with Crippen LogP contribution in [0.4, 0.5) is 0 Å². The Hall–Kier alpha value is -0.700. The second-order valence-electron chi connectivity index (χ2n) is 6.14. The van der Waals surface area contributed by atoms with Gasteiger partial charge in [0, 0.05) is 25.7 Å². The molecule has 2 fully saturated rings. The standard InChI is InChI=1S/C13H25N3O4S/c1-14(2)10-11-6-5-9-15(11)21(19,20)16-8-4-3-7-12(16)13(17)18/h11-12H,3-10H2,1-2H3,(H,17,18). The van der Waals surface area contributed by atoms with Crippen molar-refractivity contribution in [1.29, 1.82) is 0 Å². The van der Waals surface area contributed by atoms with Crippen LogP contribution in [0.3, 0.4) is 0 Å². The molecule has 0 bridgehead atoms. The molecule has 0 aromatic heterocycles. The van der Waals surface area contributed by atoms with Crippen molar-refractivity contribution in [2.24, 2.45) is 0 Å². The van der Waals surface area contributed by atoms with E-state index in [1.54, 1.807) is 0 Å². The lowest BCUT2D eigenvalue weighted by Gasteiger charge is -2.37. The molecular weight excluding hydrogens is 294 g/mol. The lowest BCUT2D eigenvalue weighted by Crippen LogP contribution is -2.55. The molecule has 2 rings (SSSR count). The van der Waals surface area contributed by atoms with Crippen molar-refractivity contribution in [3.63, 3.8) is 0 Å². The van der Waals surface area contributed by atoms with Crippen LogP contribution in [0, 0.1) is 0 Å². The molecule has 0 aromatic rings. The molecule has 0 amide bonds. The summed E-state index contributed by atoms with van der Waals surface area (Å²) < 4.78 is 28.4. The first kappa shape index (κ1) is 16.7. The molecule has 2 aliphatic rings. The van der Waals surface area contributed by atoms with Crippen LogP contribution in [0.25, 0.3) is 0 Å². The zero-order valence-electron chi connectivity index (χ0n) is 12.7. The van der Waals surface area contributed by atoms with Crippen molar-refractivity contribution in [3.05, 3.63) is 0 Å². The molecule has 2 unspecified atom stereocenters. The Morgan fingerprint density at radius 3 is 2.43 bits per heavy atom. The monoisotopic (exact) mass is 319 g/mol. The van der Waals surface area contributed by atoms with Gasteiger partial charge in [-0.15, -0.1) is 0 Å². The van der Waals surface area contributed by atoms with E-state index in [1.165, 1.54) is 8.61 Å². The van der Waals surface area contributed by atoms with Crippen molar-refractivity contribution in [3.8, 4) is 0 Å². The third-order valence-electron chi connectivity index (χ3n) is 4.23. The average Bonchev–Trinajstić information content (AvgIpc) is 2.86. The van der Waals surface area contributed by atoms with Crippen molar-refractivity contribution < 1.29 is 18.3 Å². The van der Waals surface area contributed by atoms with Gasteiger partial charge in [0.1, 0.15) is 6.04 Å². The summed E-state index contributed by atoms with van der Waals surface area (Å²) in [6.07, 6.45) is 3.58. The van der Waals surface area contributed by atoms with Crippen LogP contribution in [0.1, 0.15) is 32.1 Å². The zero-order chi connectivity index (χ0) is 15.6. The SMILES string of the molecule is CN(C)CC1CCCN1S(=O)(=O)N1CCCCC1C(=O)O. The quantitative estimate of drug-likeness (QED) is 0.783. The van der Waals surface area contributed by atoms with Crippen molar-refractivity contribution in [2.45, 2.75) is 44.2 Å². The van der Waals surface area contributed by atoms with E-state index in [0.29, 0.717) is 26.1 Å². The summed E-state index contributed by atoms with van der Waals surface area (Å²) in [5, 5.41) is 9.29. The van der Waals surface area contributed by atoms with Crippen LogP contribution in [0.15, 0.2) is 0 Å². The first-order chi connectivity index (χ1) is 9.84. The molecule has 1 N–H and O–H groups in total. The van der Waals surface area contributed by atoms with Gasteiger partial charge in [0.05, 0.1) is 0 Å². The van der Waals surface area contributed by atoms with E-state index in [2.05, 4.69) is 0 Å².